The van der Waals surface area contributed by atoms with Crippen molar-refractivity contribution in [3.05, 3.63) is 38.3 Å². The minimum atomic E-state index is -0.0868. The molecule has 0 aliphatic carbocycles. The fourth-order valence-corrected chi connectivity index (χ4v) is 2.95. The lowest BCUT2D eigenvalue weighted by Crippen LogP contribution is -2.22. The molecule has 3 rings (SSSR count). The molecule has 0 aliphatic rings. The maximum atomic E-state index is 12.3. The minimum absolute atomic E-state index is 0.0868. The first-order chi connectivity index (χ1) is 9.15. The van der Waals surface area contributed by atoms with Gasteiger partial charge in [-0.3, -0.25) is 9.36 Å². The number of hydrogen-bond acceptors (Lipinski definition) is 6. The first-order valence-corrected chi connectivity index (χ1v) is 6.93. The van der Waals surface area contributed by atoms with E-state index in [9.17, 15) is 4.79 Å². The number of aryl methyl sites for hydroxylation is 2. The number of aromatic amines is 1. The lowest BCUT2D eigenvalue weighted by molar-refractivity contribution is 0.367. The van der Waals surface area contributed by atoms with E-state index >= 15 is 0 Å². The van der Waals surface area contributed by atoms with Crippen LogP contribution >= 0.6 is 23.6 Å². The SMILES string of the molecule is Cc1noc(CCn2c(=S)[nH]c3sccc3c2=O)n1. The van der Waals surface area contributed by atoms with Gasteiger partial charge in [0.05, 0.1) is 5.39 Å². The van der Waals surface area contributed by atoms with Gasteiger partial charge in [-0.25, -0.2) is 0 Å². The van der Waals surface area contributed by atoms with Crippen molar-refractivity contribution in [2.24, 2.45) is 0 Å². The van der Waals surface area contributed by atoms with Crippen LogP contribution in [0, 0.1) is 11.7 Å². The quantitative estimate of drug-likeness (QED) is 0.748. The molecule has 3 heterocycles. The largest absolute Gasteiger partial charge is 0.339 e. The summed E-state index contributed by atoms with van der Waals surface area (Å²) in [6.45, 7) is 2.17. The Balaban J connectivity index is 1.96. The van der Waals surface area contributed by atoms with Crippen molar-refractivity contribution in [1.82, 2.24) is 19.7 Å². The van der Waals surface area contributed by atoms with Crippen LogP contribution in [0.1, 0.15) is 11.7 Å². The molecule has 0 unspecified atom stereocenters. The van der Waals surface area contributed by atoms with Gasteiger partial charge in [-0.15, -0.1) is 11.3 Å². The normalized spacial score (nSPS) is 11.2. The van der Waals surface area contributed by atoms with Crippen LogP contribution in [0.25, 0.3) is 10.2 Å². The van der Waals surface area contributed by atoms with Gasteiger partial charge >= 0.3 is 0 Å². The Morgan fingerprint density at radius 1 is 1.58 bits per heavy atom. The number of H-pyrrole nitrogens is 1. The zero-order valence-electron chi connectivity index (χ0n) is 10.0. The number of rotatable bonds is 3. The van der Waals surface area contributed by atoms with E-state index in [-0.39, 0.29) is 5.56 Å². The lowest BCUT2D eigenvalue weighted by atomic mass is 10.4. The zero-order valence-corrected chi connectivity index (χ0v) is 11.7. The molecule has 0 aromatic carbocycles. The Bertz CT molecular complexity index is 842. The summed E-state index contributed by atoms with van der Waals surface area (Å²) in [5, 5.41) is 6.23. The molecule has 6 nitrogen and oxygen atoms in total. The van der Waals surface area contributed by atoms with Crippen LogP contribution < -0.4 is 5.56 Å². The molecule has 19 heavy (non-hydrogen) atoms. The average molecular weight is 294 g/mol. The van der Waals surface area contributed by atoms with Crippen molar-refractivity contribution in [3.8, 4) is 0 Å². The second-order valence-corrected chi connectivity index (χ2v) is 5.34. The molecule has 3 aromatic rings. The zero-order chi connectivity index (χ0) is 13.4. The maximum Gasteiger partial charge on any atom is 0.263 e. The molecular weight excluding hydrogens is 284 g/mol. The summed E-state index contributed by atoms with van der Waals surface area (Å²) in [6, 6.07) is 1.79. The summed E-state index contributed by atoms with van der Waals surface area (Å²) >= 11 is 6.67. The third-order valence-electron chi connectivity index (χ3n) is 2.73. The number of fused-ring (bicyclic) bond motifs is 1. The van der Waals surface area contributed by atoms with Crippen molar-refractivity contribution in [3.63, 3.8) is 0 Å². The van der Waals surface area contributed by atoms with Crippen LogP contribution in [0.3, 0.4) is 0 Å². The highest BCUT2D eigenvalue weighted by Gasteiger charge is 2.08. The predicted octanol–water partition coefficient (Wildman–Crippen LogP) is 2.05. The highest BCUT2D eigenvalue weighted by molar-refractivity contribution is 7.71. The Labute approximate surface area is 116 Å². The van der Waals surface area contributed by atoms with E-state index in [1.807, 2.05) is 5.38 Å². The second-order valence-electron chi connectivity index (χ2n) is 4.04. The standard InChI is InChI=1S/C11H10N4O2S2/c1-6-12-8(17-14-6)2-4-15-10(16)7-3-5-19-9(7)13-11(15)18/h3,5H,2,4H2,1H3,(H,13,18). The number of nitrogens with one attached hydrogen (secondary N) is 1. The molecule has 0 saturated carbocycles. The summed E-state index contributed by atoms with van der Waals surface area (Å²) < 4.78 is 6.95. The summed E-state index contributed by atoms with van der Waals surface area (Å²) in [4.78, 5) is 20.2. The molecule has 98 valence electrons. The van der Waals surface area contributed by atoms with Gasteiger partial charge in [0.25, 0.3) is 5.56 Å². The van der Waals surface area contributed by atoms with Crippen LogP contribution in [0.5, 0.6) is 0 Å². The summed E-state index contributed by atoms with van der Waals surface area (Å²) in [7, 11) is 0. The molecule has 0 atom stereocenters. The fraction of sp³-hybridized carbons (Fsp3) is 0.273. The van der Waals surface area contributed by atoms with E-state index in [4.69, 9.17) is 16.7 Å². The number of thiophene rings is 1. The van der Waals surface area contributed by atoms with Crippen molar-refractivity contribution < 1.29 is 4.52 Å². The fourth-order valence-electron chi connectivity index (χ4n) is 1.83. The van der Waals surface area contributed by atoms with Crippen LogP contribution in [0.15, 0.2) is 20.8 Å². The van der Waals surface area contributed by atoms with Crippen molar-refractivity contribution in [2.75, 3.05) is 0 Å². The van der Waals surface area contributed by atoms with Gasteiger partial charge in [-0.1, -0.05) is 5.16 Å². The van der Waals surface area contributed by atoms with Gasteiger partial charge in [0.15, 0.2) is 10.6 Å². The highest BCUT2D eigenvalue weighted by atomic mass is 32.1. The molecule has 8 heteroatoms. The highest BCUT2D eigenvalue weighted by Crippen LogP contribution is 2.14. The van der Waals surface area contributed by atoms with Crippen LogP contribution in [-0.2, 0) is 13.0 Å². The molecule has 0 saturated heterocycles. The van der Waals surface area contributed by atoms with Gasteiger partial charge in [0, 0.05) is 13.0 Å². The minimum Gasteiger partial charge on any atom is -0.339 e. The molecule has 0 fully saturated rings. The Morgan fingerprint density at radius 3 is 3.16 bits per heavy atom. The Kier molecular flexibility index (Phi) is 3.03. The number of aromatic nitrogens is 4. The third kappa shape index (κ3) is 2.24. The van der Waals surface area contributed by atoms with E-state index in [1.54, 1.807) is 13.0 Å². The van der Waals surface area contributed by atoms with Gasteiger partial charge in [-0.2, -0.15) is 4.98 Å². The summed E-state index contributed by atoms with van der Waals surface area (Å²) in [5.74, 6) is 1.09. The lowest BCUT2D eigenvalue weighted by Gasteiger charge is -2.04. The molecule has 0 aliphatic heterocycles. The van der Waals surface area contributed by atoms with Crippen molar-refractivity contribution >= 4 is 33.8 Å². The predicted molar refractivity (Wildman–Crippen MR) is 74.0 cm³/mol. The molecule has 0 bridgehead atoms. The van der Waals surface area contributed by atoms with Crippen molar-refractivity contribution in [2.45, 2.75) is 19.9 Å². The van der Waals surface area contributed by atoms with Gasteiger partial charge in [-0.05, 0) is 30.6 Å². The summed E-state index contributed by atoms with van der Waals surface area (Å²) in [5.41, 5.74) is -0.0868. The first-order valence-electron chi connectivity index (χ1n) is 5.64. The van der Waals surface area contributed by atoms with Gasteiger partial charge < -0.3 is 9.51 Å². The van der Waals surface area contributed by atoms with Gasteiger partial charge in [0.1, 0.15) is 4.83 Å². The monoisotopic (exact) mass is 294 g/mol. The molecular formula is C11H10N4O2S2. The molecule has 0 spiro atoms. The average Bonchev–Trinajstić information content (AvgIpc) is 2.98. The number of hydrogen-bond donors (Lipinski definition) is 1. The van der Waals surface area contributed by atoms with Crippen LogP contribution in [0.2, 0.25) is 0 Å². The van der Waals surface area contributed by atoms with E-state index < -0.39 is 0 Å². The van der Waals surface area contributed by atoms with Crippen LogP contribution in [-0.4, -0.2) is 19.7 Å². The Morgan fingerprint density at radius 2 is 2.42 bits per heavy atom. The van der Waals surface area contributed by atoms with Gasteiger partial charge in [0.2, 0.25) is 5.89 Å². The van der Waals surface area contributed by atoms with Crippen LogP contribution in [0.4, 0.5) is 0 Å². The second kappa shape index (κ2) is 4.71. The molecule has 0 radical (unpaired) electrons. The molecule has 0 amide bonds. The third-order valence-corrected chi connectivity index (χ3v) is 3.88. The topological polar surface area (TPSA) is 76.7 Å². The smallest absolute Gasteiger partial charge is 0.263 e. The first kappa shape index (κ1) is 12.2. The van der Waals surface area contributed by atoms with Crippen molar-refractivity contribution in [1.29, 1.82) is 0 Å². The van der Waals surface area contributed by atoms with E-state index in [0.717, 1.165) is 4.83 Å². The van der Waals surface area contributed by atoms with E-state index in [2.05, 4.69) is 15.1 Å². The Hall–Kier alpha value is -1.80. The number of nitrogens with zero attached hydrogens (tertiary/aromatic N) is 3. The summed E-state index contributed by atoms with van der Waals surface area (Å²) in [6.07, 6.45) is 0.480. The van der Waals surface area contributed by atoms with E-state index in [1.165, 1.54) is 15.9 Å². The van der Waals surface area contributed by atoms with E-state index in [0.29, 0.717) is 34.8 Å². The maximum absolute atomic E-state index is 12.3. The molecule has 1 N–H and O–H groups in total. The molecule has 3 aromatic heterocycles.